The fourth-order valence-electron chi connectivity index (χ4n) is 4.00. The maximum atomic E-state index is 13.3. The number of sulfone groups is 1. The third-order valence-electron chi connectivity index (χ3n) is 5.58. The molecular formula is C19H22N2O4S. The number of benzene rings is 2. The fourth-order valence-corrected chi connectivity index (χ4v) is 6.47. The Hall–Kier alpha value is -2.09. The van der Waals surface area contributed by atoms with Gasteiger partial charge in [-0.3, -0.25) is 0 Å². The van der Waals surface area contributed by atoms with Crippen molar-refractivity contribution in [2.75, 3.05) is 19.9 Å². The number of hydrogen-bond donors (Lipinski definition) is 2. The Kier molecular flexibility index (Phi) is 3.98. The van der Waals surface area contributed by atoms with Gasteiger partial charge in [0.25, 0.3) is 0 Å². The highest BCUT2D eigenvalue weighted by molar-refractivity contribution is 7.92. The van der Waals surface area contributed by atoms with E-state index in [0.29, 0.717) is 16.4 Å². The van der Waals surface area contributed by atoms with Gasteiger partial charge < -0.3 is 20.9 Å². The van der Waals surface area contributed by atoms with Crippen LogP contribution in [-0.2, 0) is 9.84 Å². The predicted octanol–water partition coefficient (Wildman–Crippen LogP) is 1.57. The van der Waals surface area contributed by atoms with Crippen LogP contribution in [0.1, 0.15) is 17.0 Å². The monoisotopic (exact) mass is 374 g/mol. The van der Waals surface area contributed by atoms with E-state index < -0.39 is 20.5 Å². The van der Waals surface area contributed by atoms with Crippen LogP contribution in [-0.4, -0.2) is 33.6 Å². The minimum atomic E-state index is -3.56. The number of rotatable bonds is 5. The van der Waals surface area contributed by atoms with Gasteiger partial charge in [-0.15, -0.1) is 0 Å². The Morgan fingerprint density at radius 1 is 1.04 bits per heavy atom. The van der Waals surface area contributed by atoms with Gasteiger partial charge in [0.15, 0.2) is 21.3 Å². The summed E-state index contributed by atoms with van der Waals surface area (Å²) in [6.07, 6.45) is 0. The van der Waals surface area contributed by atoms with E-state index in [1.165, 1.54) is 0 Å². The van der Waals surface area contributed by atoms with Crippen LogP contribution in [0.3, 0.4) is 0 Å². The largest absolute Gasteiger partial charge is 0.454 e. The third-order valence-corrected chi connectivity index (χ3v) is 7.92. The highest BCUT2D eigenvalue weighted by Crippen LogP contribution is 2.63. The second-order valence-electron chi connectivity index (χ2n) is 7.01. The molecule has 4 N–H and O–H groups in total. The quantitative estimate of drug-likeness (QED) is 0.823. The standard InChI is InChI=1S/C19H22N2O4S/c1-12-2-5-14(6-3-12)26(22,23)18-17(19(18,9-20)10-21)13-4-7-15-16(8-13)25-11-24-15/h2-8,17-18H,9-11,20-21H2,1H3/t17-,18+/m1/s1. The maximum absolute atomic E-state index is 13.3. The molecule has 2 aromatic carbocycles. The van der Waals surface area contributed by atoms with Gasteiger partial charge in [0.05, 0.1) is 10.1 Å². The molecule has 26 heavy (non-hydrogen) atoms. The lowest BCUT2D eigenvalue weighted by Gasteiger charge is -2.13. The second kappa shape index (κ2) is 5.97. The number of fused-ring (bicyclic) bond motifs is 1. The highest BCUT2D eigenvalue weighted by atomic mass is 32.2. The van der Waals surface area contributed by atoms with Crippen molar-refractivity contribution in [3.63, 3.8) is 0 Å². The molecule has 2 aliphatic rings. The fraction of sp³-hybridized carbons (Fsp3) is 0.368. The van der Waals surface area contributed by atoms with Crippen molar-refractivity contribution in [3.05, 3.63) is 53.6 Å². The Balaban J connectivity index is 1.76. The molecular weight excluding hydrogens is 352 g/mol. The Morgan fingerprint density at radius 2 is 1.69 bits per heavy atom. The van der Waals surface area contributed by atoms with Gasteiger partial charge >= 0.3 is 0 Å². The van der Waals surface area contributed by atoms with Crippen LogP contribution in [0.25, 0.3) is 0 Å². The molecule has 4 rings (SSSR count). The molecule has 0 saturated heterocycles. The average molecular weight is 374 g/mol. The van der Waals surface area contributed by atoms with E-state index in [4.69, 9.17) is 20.9 Å². The first-order valence-corrected chi connectivity index (χ1v) is 10.1. The van der Waals surface area contributed by atoms with Crippen molar-refractivity contribution in [2.24, 2.45) is 16.9 Å². The van der Waals surface area contributed by atoms with Gasteiger partial charge in [-0.25, -0.2) is 8.42 Å². The van der Waals surface area contributed by atoms with Crippen molar-refractivity contribution in [2.45, 2.75) is 23.0 Å². The van der Waals surface area contributed by atoms with Crippen molar-refractivity contribution in [1.29, 1.82) is 0 Å². The highest BCUT2D eigenvalue weighted by Gasteiger charge is 2.69. The van der Waals surface area contributed by atoms with E-state index in [1.807, 2.05) is 25.1 Å². The molecule has 1 heterocycles. The van der Waals surface area contributed by atoms with Crippen LogP contribution in [0.5, 0.6) is 11.5 Å². The van der Waals surface area contributed by atoms with Crippen LogP contribution in [0.4, 0.5) is 0 Å². The van der Waals surface area contributed by atoms with Crippen LogP contribution in [0.15, 0.2) is 47.4 Å². The summed E-state index contributed by atoms with van der Waals surface area (Å²) in [5.74, 6) is 1.03. The summed E-state index contributed by atoms with van der Waals surface area (Å²) < 4.78 is 37.4. The van der Waals surface area contributed by atoms with Gasteiger partial charge in [0, 0.05) is 24.4 Å². The van der Waals surface area contributed by atoms with Crippen molar-refractivity contribution >= 4 is 9.84 Å². The lowest BCUT2D eigenvalue weighted by molar-refractivity contribution is 0.174. The van der Waals surface area contributed by atoms with E-state index in [9.17, 15) is 8.42 Å². The summed E-state index contributed by atoms with van der Waals surface area (Å²) in [6.45, 7) is 2.51. The Bertz CT molecular complexity index is 937. The summed E-state index contributed by atoms with van der Waals surface area (Å²) in [7, 11) is -3.56. The molecule has 7 heteroatoms. The van der Waals surface area contributed by atoms with Crippen molar-refractivity contribution < 1.29 is 17.9 Å². The molecule has 1 fully saturated rings. The summed E-state index contributed by atoms with van der Waals surface area (Å²) >= 11 is 0. The SMILES string of the molecule is Cc1ccc(S(=O)(=O)[C@H]2[C@@H](c3ccc4c(c3)OCO4)C2(CN)CN)cc1. The number of ether oxygens (including phenoxy) is 2. The molecule has 6 nitrogen and oxygen atoms in total. The van der Waals surface area contributed by atoms with Crippen molar-refractivity contribution in [3.8, 4) is 11.5 Å². The molecule has 0 amide bonds. The van der Waals surface area contributed by atoms with Gasteiger partial charge in [0.2, 0.25) is 6.79 Å². The number of hydrogen-bond acceptors (Lipinski definition) is 6. The molecule has 0 radical (unpaired) electrons. The molecule has 0 aromatic heterocycles. The Labute approximate surface area is 153 Å². The smallest absolute Gasteiger partial charge is 0.231 e. The van der Waals surface area contributed by atoms with Gasteiger partial charge in [0.1, 0.15) is 0 Å². The first-order chi connectivity index (χ1) is 12.4. The normalized spacial score (nSPS) is 23.0. The minimum absolute atomic E-state index is 0.174. The first kappa shape index (κ1) is 17.3. The van der Waals surface area contributed by atoms with E-state index in [2.05, 4.69) is 0 Å². The predicted molar refractivity (Wildman–Crippen MR) is 98.0 cm³/mol. The summed E-state index contributed by atoms with van der Waals surface area (Å²) in [6, 6.07) is 12.4. The van der Waals surface area contributed by atoms with Crippen LogP contribution in [0, 0.1) is 12.3 Å². The zero-order valence-electron chi connectivity index (χ0n) is 14.5. The summed E-state index contributed by atoms with van der Waals surface area (Å²) in [5.41, 5.74) is 13.2. The molecule has 1 aliphatic carbocycles. The number of nitrogens with two attached hydrogens (primary N) is 2. The summed E-state index contributed by atoms with van der Waals surface area (Å²) in [5, 5.41) is -0.645. The van der Waals surface area contributed by atoms with Gasteiger partial charge in [-0.1, -0.05) is 23.8 Å². The lowest BCUT2D eigenvalue weighted by atomic mass is 9.99. The summed E-state index contributed by atoms with van der Waals surface area (Å²) in [4.78, 5) is 0.308. The molecule has 0 spiro atoms. The van der Waals surface area contributed by atoms with E-state index in [0.717, 1.165) is 11.1 Å². The first-order valence-electron chi connectivity index (χ1n) is 8.54. The zero-order chi connectivity index (χ0) is 18.5. The van der Waals surface area contributed by atoms with Crippen LogP contribution >= 0.6 is 0 Å². The van der Waals surface area contributed by atoms with Crippen LogP contribution in [0.2, 0.25) is 0 Å². The maximum Gasteiger partial charge on any atom is 0.231 e. The topological polar surface area (TPSA) is 105 Å². The third kappa shape index (κ3) is 2.42. The minimum Gasteiger partial charge on any atom is -0.454 e. The zero-order valence-corrected chi connectivity index (χ0v) is 15.3. The van der Waals surface area contributed by atoms with E-state index in [1.54, 1.807) is 24.3 Å². The Morgan fingerprint density at radius 3 is 2.35 bits per heavy atom. The van der Waals surface area contributed by atoms with E-state index in [-0.39, 0.29) is 25.8 Å². The van der Waals surface area contributed by atoms with E-state index >= 15 is 0 Å². The van der Waals surface area contributed by atoms with Crippen molar-refractivity contribution in [1.82, 2.24) is 0 Å². The van der Waals surface area contributed by atoms with Gasteiger partial charge in [-0.2, -0.15) is 0 Å². The molecule has 1 aliphatic heterocycles. The molecule has 0 unspecified atom stereocenters. The molecule has 2 atom stereocenters. The molecule has 2 aromatic rings. The van der Waals surface area contributed by atoms with Gasteiger partial charge in [-0.05, 0) is 36.8 Å². The molecule has 138 valence electrons. The second-order valence-corrected chi connectivity index (χ2v) is 9.08. The number of aryl methyl sites for hydroxylation is 1. The molecule has 0 bridgehead atoms. The lowest BCUT2D eigenvalue weighted by Crippen LogP contribution is -2.31. The average Bonchev–Trinajstić information content (AvgIpc) is 3.12. The molecule has 1 saturated carbocycles. The van der Waals surface area contributed by atoms with Crippen LogP contribution < -0.4 is 20.9 Å².